The lowest BCUT2D eigenvalue weighted by Crippen LogP contribution is -2.12. The molecule has 0 aliphatic rings. The summed E-state index contributed by atoms with van der Waals surface area (Å²) < 4.78 is 0. The molecule has 1 aromatic carbocycles. The minimum Gasteiger partial charge on any atom is -0.312 e. The molecule has 2 rings (SSSR count). The summed E-state index contributed by atoms with van der Waals surface area (Å²) in [6, 6.07) is 13.2. The van der Waals surface area contributed by atoms with Crippen LogP contribution in [0.2, 0.25) is 0 Å². The number of rotatable bonds is 6. The molecule has 0 bridgehead atoms. The zero-order valence-electron chi connectivity index (χ0n) is 11.2. The summed E-state index contributed by atoms with van der Waals surface area (Å²) in [6.07, 6.45) is 2.29. The maximum absolute atomic E-state index is 3.46. The molecule has 1 nitrogen and oxygen atoms in total. The van der Waals surface area contributed by atoms with E-state index < -0.39 is 0 Å². The zero-order valence-corrected chi connectivity index (χ0v) is 12.0. The van der Waals surface area contributed by atoms with Gasteiger partial charge in [-0.3, -0.25) is 0 Å². The van der Waals surface area contributed by atoms with Crippen molar-refractivity contribution < 1.29 is 0 Å². The first-order valence-corrected chi connectivity index (χ1v) is 7.54. The Morgan fingerprint density at radius 1 is 1.06 bits per heavy atom. The molecule has 0 aliphatic carbocycles. The van der Waals surface area contributed by atoms with E-state index in [0.29, 0.717) is 0 Å². The Labute approximate surface area is 114 Å². The predicted molar refractivity (Wildman–Crippen MR) is 81.1 cm³/mol. The topological polar surface area (TPSA) is 12.0 Å². The van der Waals surface area contributed by atoms with Gasteiger partial charge in [-0.05, 0) is 42.6 Å². The fourth-order valence-electron chi connectivity index (χ4n) is 2.08. The van der Waals surface area contributed by atoms with Gasteiger partial charge in [0.25, 0.3) is 0 Å². The molecule has 0 amide bonds. The van der Waals surface area contributed by atoms with Crippen LogP contribution in [-0.4, -0.2) is 6.54 Å². The van der Waals surface area contributed by atoms with Gasteiger partial charge in [-0.25, -0.2) is 0 Å². The van der Waals surface area contributed by atoms with E-state index in [-0.39, 0.29) is 0 Å². The molecule has 18 heavy (non-hydrogen) atoms. The van der Waals surface area contributed by atoms with Crippen molar-refractivity contribution in [2.75, 3.05) is 6.54 Å². The Bertz CT molecular complexity index is 487. The second-order valence-electron chi connectivity index (χ2n) is 4.45. The van der Waals surface area contributed by atoms with Gasteiger partial charge < -0.3 is 5.32 Å². The van der Waals surface area contributed by atoms with E-state index in [2.05, 4.69) is 55.6 Å². The van der Waals surface area contributed by atoms with Gasteiger partial charge in [0.05, 0.1) is 0 Å². The maximum atomic E-state index is 3.46. The van der Waals surface area contributed by atoms with Gasteiger partial charge in [-0.15, -0.1) is 11.3 Å². The average molecular weight is 259 g/mol. The molecule has 0 spiro atoms. The van der Waals surface area contributed by atoms with Crippen LogP contribution in [0.25, 0.3) is 10.4 Å². The molecule has 1 heterocycles. The molecule has 1 N–H and O–H groups in total. The van der Waals surface area contributed by atoms with Crippen molar-refractivity contribution in [2.24, 2.45) is 0 Å². The summed E-state index contributed by atoms with van der Waals surface area (Å²) in [5, 5.41) is 3.46. The SMILES string of the molecule is CCCNCc1ccc(-c2ccccc2CC)s1. The van der Waals surface area contributed by atoms with E-state index in [1.54, 1.807) is 0 Å². The van der Waals surface area contributed by atoms with Gasteiger partial charge >= 0.3 is 0 Å². The molecule has 96 valence electrons. The molecular weight excluding hydrogens is 238 g/mol. The summed E-state index contributed by atoms with van der Waals surface area (Å²) in [4.78, 5) is 2.81. The highest BCUT2D eigenvalue weighted by Gasteiger charge is 2.06. The molecule has 0 saturated carbocycles. The smallest absolute Gasteiger partial charge is 0.0348 e. The van der Waals surface area contributed by atoms with E-state index in [4.69, 9.17) is 0 Å². The van der Waals surface area contributed by atoms with E-state index in [9.17, 15) is 0 Å². The van der Waals surface area contributed by atoms with Crippen molar-refractivity contribution in [3.63, 3.8) is 0 Å². The molecule has 2 heteroatoms. The molecule has 2 aromatic rings. The molecule has 1 aromatic heterocycles. The summed E-state index contributed by atoms with van der Waals surface area (Å²) in [5.74, 6) is 0. The molecule has 0 aliphatic heterocycles. The lowest BCUT2D eigenvalue weighted by Gasteiger charge is -2.04. The third kappa shape index (κ3) is 3.21. The quantitative estimate of drug-likeness (QED) is 0.754. The largest absolute Gasteiger partial charge is 0.312 e. The summed E-state index contributed by atoms with van der Waals surface area (Å²) in [5.41, 5.74) is 2.83. The maximum Gasteiger partial charge on any atom is 0.0348 e. The van der Waals surface area contributed by atoms with E-state index in [1.807, 2.05) is 11.3 Å². The van der Waals surface area contributed by atoms with Gasteiger partial charge in [-0.1, -0.05) is 38.1 Å². The van der Waals surface area contributed by atoms with E-state index in [1.165, 1.54) is 27.3 Å². The molecule has 0 unspecified atom stereocenters. The summed E-state index contributed by atoms with van der Waals surface area (Å²) >= 11 is 1.90. The normalized spacial score (nSPS) is 10.8. The number of aryl methyl sites for hydroxylation is 1. The van der Waals surface area contributed by atoms with Crippen molar-refractivity contribution in [1.82, 2.24) is 5.32 Å². The molecule has 0 radical (unpaired) electrons. The second-order valence-corrected chi connectivity index (χ2v) is 5.62. The Morgan fingerprint density at radius 3 is 2.67 bits per heavy atom. The molecule has 0 atom stereocenters. The second kappa shape index (κ2) is 6.72. The minimum absolute atomic E-state index is 0.993. The van der Waals surface area contributed by atoms with Crippen molar-refractivity contribution in [2.45, 2.75) is 33.2 Å². The van der Waals surface area contributed by atoms with Crippen LogP contribution >= 0.6 is 11.3 Å². The number of thiophene rings is 1. The van der Waals surface area contributed by atoms with Crippen LogP contribution in [0.4, 0.5) is 0 Å². The third-order valence-corrected chi connectivity index (χ3v) is 4.17. The lowest BCUT2D eigenvalue weighted by molar-refractivity contribution is 0.681. The molecular formula is C16H21NS. The monoisotopic (exact) mass is 259 g/mol. The summed E-state index contributed by atoms with van der Waals surface area (Å²) in [6.45, 7) is 6.51. The summed E-state index contributed by atoms with van der Waals surface area (Å²) in [7, 11) is 0. The Kier molecular flexibility index (Phi) is 4.97. The average Bonchev–Trinajstić information content (AvgIpc) is 2.88. The highest BCUT2D eigenvalue weighted by molar-refractivity contribution is 7.15. The first-order valence-electron chi connectivity index (χ1n) is 6.72. The Balaban J connectivity index is 2.13. The van der Waals surface area contributed by atoms with Gasteiger partial charge in [0, 0.05) is 16.3 Å². The van der Waals surface area contributed by atoms with Crippen LogP contribution in [0.15, 0.2) is 36.4 Å². The van der Waals surface area contributed by atoms with E-state index >= 15 is 0 Å². The van der Waals surface area contributed by atoms with Crippen LogP contribution < -0.4 is 5.32 Å². The highest BCUT2D eigenvalue weighted by Crippen LogP contribution is 2.30. The molecule has 0 fully saturated rings. The molecule has 0 saturated heterocycles. The lowest BCUT2D eigenvalue weighted by atomic mass is 10.0. The van der Waals surface area contributed by atoms with Crippen LogP contribution in [-0.2, 0) is 13.0 Å². The van der Waals surface area contributed by atoms with Crippen LogP contribution in [0.3, 0.4) is 0 Å². The van der Waals surface area contributed by atoms with Crippen LogP contribution in [0.1, 0.15) is 30.7 Å². The number of hydrogen-bond donors (Lipinski definition) is 1. The van der Waals surface area contributed by atoms with Gasteiger partial charge in [0.2, 0.25) is 0 Å². The predicted octanol–water partition coefficient (Wildman–Crippen LogP) is 4.48. The first kappa shape index (κ1) is 13.3. The van der Waals surface area contributed by atoms with Gasteiger partial charge in [0.15, 0.2) is 0 Å². The van der Waals surface area contributed by atoms with Crippen molar-refractivity contribution in [3.05, 3.63) is 46.8 Å². The Hall–Kier alpha value is -1.12. The van der Waals surface area contributed by atoms with Crippen molar-refractivity contribution in [1.29, 1.82) is 0 Å². The van der Waals surface area contributed by atoms with Gasteiger partial charge in [0.1, 0.15) is 0 Å². The third-order valence-electron chi connectivity index (χ3n) is 3.05. The zero-order chi connectivity index (χ0) is 12.8. The standard InChI is InChI=1S/C16H21NS/c1-3-11-17-12-14-9-10-16(18-14)15-8-6-5-7-13(15)4-2/h5-10,17H,3-4,11-12H2,1-2H3. The number of benzene rings is 1. The first-order chi connectivity index (χ1) is 8.85. The van der Waals surface area contributed by atoms with Crippen LogP contribution in [0.5, 0.6) is 0 Å². The van der Waals surface area contributed by atoms with E-state index in [0.717, 1.165) is 19.5 Å². The number of nitrogens with one attached hydrogen (secondary N) is 1. The van der Waals surface area contributed by atoms with Crippen LogP contribution in [0, 0.1) is 0 Å². The highest BCUT2D eigenvalue weighted by atomic mass is 32.1. The minimum atomic E-state index is 0.993. The van der Waals surface area contributed by atoms with Crippen molar-refractivity contribution in [3.8, 4) is 10.4 Å². The Morgan fingerprint density at radius 2 is 1.89 bits per heavy atom. The fraction of sp³-hybridized carbons (Fsp3) is 0.375. The van der Waals surface area contributed by atoms with Gasteiger partial charge in [-0.2, -0.15) is 0 Å². The number of hydrogen-bond acceptors (Lipinski definition) is 2. The fourth-order valence-corrected chi connectivity index (χ4v) is 3.11. The van der Waals surface area contributed by atoms with Crippen molar-refractivity contribution >= 4 is 11.3 Å².